The molecule has 1 amide bonds. The molecule has 0 fully saturated rings. The standard InChI is InChI=1S/C12H9BrN2O3S/c1-6(16)9-5-19-12(14-9)15-11(18)8-3-2-7(13)4-10(8)17/h2-5,17H,1H3,(H,14,15,18). The number of phenolic OH excluding ortho intramolecular Hbond substituents is 1. The Morgan fingerprint density at radius 3 is 2.74 bits per heavy atom. The van der Waals surface area contributed by atoms with Crippen LogP contribution >= 0.6 is 27.3 Å². The zero-order valence-corrected chi connectivity index (χ0v) is 12.2. The summed E-state index contributed by atoms with van der Waals surface area (Å²) in [5.41, 5.74) is 0.447. The van der Waals surface area contributed by atoms with Crippen LogP contribution in [0, 0.1) is 0 Å². The van der Waals surface area contributed by atoms with Crippen LogP contribution < -0.4 is 5.32 Å². The van der Waals surface area contributed by atoms with Gasteiger partial charge in [0.2, 0.25) is 0 Å². The predicted molar refractivity (Wildman–Crippen MR) is 75.9 cm³/mol. The topological polar surface area (TPSA) is 79.3 Å². The average molecular weight is 341 g/mol. The van der Waals surface area contributed by atoms with Crippen molar-refractivity contribution in [1.82, 2.24) is 4.98 Å². The number of rotatable bonds is 3. The summed E-state index contributed by atoms with van der Waals surface area (Å²) < 4.78 is 0.676. The fraction of sp³-hybridized carbons (Fsp3) is 0.0833. The van der Waals surface area contributed by atoms with Crippen LogP contribution in [0.4, 0.5) is 5.13 Å². The first kappa shape index (κ1) is 13.7. The summed E-state index contributed by atoms with van der Waals surface area (Å²) in [5, 5.41) is 14.1. The molecule has 2 aromatic rings. The number of benzene rings is 1. The number of Topliss-reactive ketones (excluding diaryl/α,β-unsaturated/α-hetero) is 1. The van der Waals surface area contributed by atoms with Crippen LogP contribution in [0.1, 0.15) is 27.8 Å². The minimum Gasteiger partial charge on any atom is -0.507 e. The lowest BCUT2D eigenvalue weighted by Crippen LogP contribution is -2.12. The van der Waals surface area contributed by atoms with Gasteiger partial charge in [0.05, 0.1) is 5.56 Å². The molecule has 0 spiro atoms. The van der Waals surface area contributed by atoms with Crippen LogP contribution in [-0.4, -0.2) is 21.8 Å². The highest BCUT2D eigenvalue weighted by atomic mass is 79.9. The second-order valence-electron chi connectivity index (χ2n) is 3.71. The lowest BCUT2D eigenvalue weighted by molar-refractivity contribution is 0.100. The molecule has 5 nitrogen and oxygen atoms in total. The average Bonchev–Trinajstić information content (AvgIpc) is 2.77. The second-order valence-corrected chi connectivity index (χ2v) is 5.48. The van der Waals surface area contributed by atoms with E-state index in [-0.39, 0.29) is 17.1 Å². The minimum atomic E-state index is -0.477. The molecule has 2 N–H and O–H groups in total. The molecule has 0 unspecified atom stereocenters. The van der Waals surface area contributed by atoms with Crippen molar-refractivity contribution in [2.45, 2.75) is 6.92 Å². The van der Waals surface area contributed by atoms with Gasteiger partial charge in [-0.3, -0.25) is 14.9 Å². The van der Waals surface area contributed by atoms with Gasteiger partial charge in [-0.1, -0.05) is 15.9 Å². The number of carbonyl (C=O) groups is 2. The number of anilines is 1. The maximum absolute atomic E-state index is 11.9. The number of phenols is 1. The highest BCUT2D eigenvalue weighted by Crippen LogP contribution is 2.24. The SMILES string of the molecule is CC(=O)c1csc(NC(=O)c2ccc(Br)cc2O)n1. The van der Waals surface area contributed by atoms with E-state index < -0.39 is 5.91 Å². The fourth-order valence-corrected chi connectivity index (χ4v) is 2.45. The number of aromatic hydroxyl groups is 1. The molecule has 19 heavy (non-hydrogen) atoms. The number of amides is 1. The van der Waals surface area contributed by atoms with E-state index in [0.717, 1.165) is 11.3 Å². The van der Waals surface area contributed by atoms with Gasteiger partial charge in [0, 0.05) is 16.8 Å². The Morgan fingerprint density at radius 1 is 1.42 bits per heavy atom. The molecule has 7 heteroatoms. The number of aromatic nitrogens is 1. The predicted octanol–water partition coefficient (Wildman–Crippen LogP) is 3.07. The molecule has 2 rings (SSSR count). The summed E-state index contributed by atoms with van der Waals surface area (Å²) in [6, 6.07) is 4.57. The van der Waals surface area contributed by atoms with Gasteiger partial charge in [-0.2, -0.15) is 0 Å². The number of hydrogen-bond acceptors (Lipinski definition) is 5. The van der Waals surface area contributed by atoms with Crippen molar-refractivity contribution < 1.29 is 14.7 Å². The Labute approximate surface area is 121 Å². The molecule has 0 saturated carbocycles. The van der Waals surface area contributed by atoms with Crippen molar-refractivity contribution in [2.75, 3.05) is 5.32 Å². The molecule has 0 saturated heterocycles. The van der Waals surface area contributed by atoms with Gasteiger partial charge >= 0.3 is 0 Å². The molecule has 0 radical (unpaired) electrons. The molecular formula is C12H9BrN2O3S. The summed E-state index contributed by atoms with van der Waals surface area (Å²) >= 11 is 4.35. The van der Waals surface area contributed by atoms with Gasteiger partial charge < -0.3 is 5.11 Å². The Hall–Kier alpha value is -1.73. The Kier molecular flexibility index (Phi) is 3.96. The maximum Gasteiger partial charge on any atom is 0.261 e. The first-order chi connectivity index (χ1) is 8.97. The monoisotopic (exact) mass is 340 g/mol. The summed E-state index contributed by atoms with van der Waals surface area (Å²) in [4.78, 5) is 27.0. The van der Waals surface area contributed by atoms with Gasteiger partial charge in [-0.05, 0) is 18.2 Å². The van der Waals surface area contributed by atoms with Crippen LogP contribution in [0.25, 0.3) is 0 Å². The first-order valence-electron chi connectivity index (χ1n) is 5.23. The Balaban J connectivity index is 2.18. The summed E-state index contributed by atoms with van der Waals surface area (Å²) in [5.74, 6) is -0.770. The number of nitrogens with zero attached hydrogens (tertiary/aromatic N) is 1. The molecule has 0 atom stereocenters. The molecule has 1 aromatic heterocycles. The van der Waals surface area contributed by atoms with E-state index in [1.807, 2.05) is 0 Å². The molecule has 0 aliphatic heterocycles. The third kappa shape index (κ3) is 3.18. The molecule has 1 aromatic carbocycles. The second kappa shape index (κ2) is 5.50. The van der Waals surface area contributed by atoms with Crippen LogP contribution in [0.2, 0.25) is 0 Å². The Morgan fingerprint density at radius 2 is 2.16 bits per heavy atom. The van der Waals surface area contributed by atoms with E-state index in [4.69, 9.17) is 0 Å². The van der Waals surface area contributed by atoms with Crippen LogP contribution in [0.15, 0.2) is 28.1 Å². The van der Waals surface area contributed by atoms with Crippen LogP contribution in [0.5, 0.6) is 5.75 Å². The van der Waals surface area contributed by atoms with Gasteiger partial charge in [0.1, 0.15) is 11.4 Å². The van der Waals surface area contributed by atoms with Gasteiger partial charge in [0.25, 0.3) is 5.91 Å². The van der Waals surface area contributed by atoms with E-state index >= 15 is 0 Å². The molecule has 98 valence electrons. The fourth-order valence-electron chi connectivity index (χ4n) is 1.35. The molecule has 0 aliphatic rings. The first-order valence-corrected chi connectivity index (χ1v) is 6.91. The summed E-state index contributed by atoms with van der Waals surface area (Å²) in [6.45, 7) is 1.40. The highest BCUT2D eigenvalue weighted by Gasteiger charge is 2.14. The van der Waals surface area contributed by atoms with E-state index in [0.29, 0.717) is 15.3 Å². The number of nitrogens with one attached hydrogen (secondary N) is 1. The molecule has 1 heterocycles. The van der Waals surface area contributed by atoms with Crippen molar-refractivity contribution in [2.24, 2.45) is 0 Å². The van der Waals surface area contributed by atoms with Crippen molar-refractivity contribution in [1.29, 1.82) is 0 Å². The number of thiazole rings is 1. The molecular weight excluding hydrogens is 332 g/mol. The zero-order valence-electron chi connectivity index (χ0n) is 9.81. The Bertz CT molecular complexity index is 654. The summed E-state index contributed by atoms with van der Waals surface area (Å²) in [6.07, 6.45) is 0. The van der Waals surface area contributed by atoms with E-state index in [9.17, 15) is 14.7 Å². The lowest BCUT2D eigenvalue weighted by atomic mass is 10.2. The van der Waals surface area contributed by atoms with Crippen molar-refractivity contribution in [3.8, 4) is 5.75 Å². The smallest absolute Gasteiger partial charge is 0.261 e. The highest BCUT2D eigenvalue weighted by molar-refractivity contribution is 9.10. The van der Waals surface area contributed by atoms with Crippen LogP contribution in [-0.2, 0) is 0 Å². The number of ketones is 1. The number of hydrogen-bond donors (Lipinski definition) is 2. The third-order valence-corrected chi connectivity index (χ3v) is 3.54. The maximum atomic E-state index is 11.9. The molecule has 0 bridgehead atoms. The number of carbonyl (C=O) groups excluding carboxylic acids is 2. The minimum absolute atomic E-state index is 0.129. The lowest BCUT2D eigenvalue weighted by Gasteiger charge is -2.04. The van der Waals surface area contributed by atoms with Crippen molar-refractivity contribution in [3.05, 3.63) is 39.3 Å². The zero-order chi connectivity index (χ0) is 14.0. The van der Waals surface area contributed by atoms with E-state index in [1.165, 1.54) is 19.1 Å². The largest absolute Gasteiger partial charge is 0.507 e. The van der Waals surface area contributed by atoms with E-state index in [1.54, 1.807) is 11.4 Å². The summed E-state index contributed by atoms with van der Waals surface area (Å²) in [7, 11) is 0. The van der Waals surface area contributed by atoms with Crippen molar-refractivity contribution >= 4 is 44.1 Å². The van der Waals surface area contributed by atoms with Crippen molar-refractivity contribution in [3.63, 3.8) is 0 Å². The van der Waals surface area contributed by atoms with Gasteiger partial charge in [0.15, 0.2) is 10.9 Å². The van der Waals surface area contributed by atoms with Gasteiger partial charge in [-0.25, -0.2) is 4.98 Å². The normalized spacial score (nSPS) is 10.2. The molecule has 0 aliphatic carbocycles. The quantitative estimate of drug-likeness (QED) is 0.841. The third-order valence-electron chi connectivity index (χ3n) is 2.29. The number of halogens is 1. The van der Waals surface area contributed by atoms with Crippen LogP contribution in [0.3, 0.4) is 0 Å². The van der Waals surface area contributed by atoms with Gasteiger partial charge in [-0.15, -0.1) is 11.3 Å². The van der Waals surface area contributed by atoms with E-state index in [2.05, 4.69) is 26.2 Å².